The summed E-state index contributed by atoms with van der Waals surface area (Å²) < 4.78 is 0. The minimum Gasteiger partial charge on any atom is -0.347 e. The molecule has 1 aliphatic heterocycles. The molecule has 0 fully saturated rings. The molecule has 2 heterocycles. The van der Waals surface area contributed by atoms with E-state index in [-0.39, 0.29) is 17.9 Å². The summed E-state index contributed by atoms with van der Waals surface area (Å²) in [6.45, 7) is 1.91. The van der Waals surface area contributed by atoms with Crippen molar-refractivity contribution in [2.45, 2.75) is 19.4 Å². The molecule has 0 aromatic carbocycles. The predicted molar refractivity (Wildman–Crippen MR) is 52.6 cm³/mol. The fraction of sp³-hybridized carbons (Fsp3) is 0.300. The first-order valence-corrected chi connectivity index (χ1v) is 4.78. The van der Waals surface area contributed by atoms with Crippen molar-refractivity contribution < 1.29 is 9.59 Å². The number of imidazole rings is 1. The monoisotopic (exact) mass is 205 g/mol. The van der Waals surface area contributed by atoms with Crippen molar-refractivity contribution in [1.82, 2.24) is 14.9 Å². The van der Waals surface area contributed by atoms with Gasteiger partial charge < -0.3 is 4.98 Å². The molecule has 1 aromatic rings. The molecule has 5 nitrogen and oxygen atoms in total. The second-order valence-corrected chi connectivity index (χ2v) is 3.28. The van der Waals surface area contributed by atoms with Crippen LogP contribution in [-0.2, 0) is 9.59 Å². The first kappa shape index (κ1) is 9.64. The standard InChI is InChI=1S/C10H11N3O2/c1-2-7(10-11-5-6-12-10)13-8(14)3-4-9(13)15/h3-7H,2H2,1H3,(H,11,12). The van der Waals surface area contributed by atoms with Gasteiger partial charge in [-0.3, -0.25) is 14.5 Å². The first-order chi connectivity index (χ1) is 7.24. The Bertz CT molecular complexity index is 390. The second-order valence-electron chi connectivity index (χ2n) is 3.28. The summed E-state index contributed by atoms with van der Waals surface area (Å²) in [5, 5.41) is 0. The number of hydrogen-bond acceptors (Lipinski definition) is 3. The molecular formula is C10H11N3O2. The molecule has 0 saturated heterocycles. The van der Waals surface area contributed by atoms with Gasteiger partial charge in [0.05, 0.1) is 6.04 Å². The quantitative estimate of drug-likeness (QED) is 0.742. The van der Waals surface area contributed by atoms with E-state index in [0.717, 1.165) is 0 Å². The largest absolute Gasteiger partial charge is 0.347 e. The molecule has 0 saturated carbocycles. The first-order valence-electron chi connectivity index (χ1n) is 4.78. The topological polar surface area (TPSA) is 66.1 Å². The van der Waals surface area contributed by atoms with Gasteiger partial charge in [0.15, 0.2) is 0 Å². The Morgan fingerprint density at radius 3 is 2.53 bits per heavy atom. The predicted octanol–water partition coefficient (Wildman–Crippen LogP) is 0.786. The van der Waals surface area contributed by atoms with Crippen LogP contribution in [-0.4, -0.2) is 26.7 Å². The van der Waals surface area contributed by atoms with Crippen molar-refractivity contribution >= 4 is 11.8 Å². The van der Waals surface area contributed by atoms with Crippen LogP contribution in [0.5, 0.6) is 0 Å². The van der Waals surface area contributed by atoms with E-state index in [1.165, 1.54) is 17.1 Å². The van der Waals surface area contributed by atoms with E-state index < -0.39 is 0 Å². The summed E-state index contributed by atoms with van der Waals surface area (Å²) in [4.78, 5) is 31.1. The third-order valence-corrected chi connectivity index (χ3v) is 2.38. The van der Waals surface area contributed by atoms with Gasteiger partial charge in [0.2, 0.25) is 0 Å². The van der Waals surface area contributed by atoms with Crippen molar-refractivity contribution in [3.63, 3.8) is 0 Å². The van der Waals surface area contributed by atoms with Crippen molar-refractivity contribution in [2.24, 2.45) is 0 Å². The van der Waals surface area contributed by atoms with Gasteiger partial charge in [-0.2, -0.15) is 0 Å². The number of nitrogens with one attached hydrogen (secondary N) is 1. The molecule has 78 valence electrons. The molecule has 1 aromatic heterocycles. The van der Waals surface area contributed by atoms with Crippen LogP contribution >= 0.6 is 0 Å². The molecule has 0 radical (unpaired) electrons. The molecule has 15 heavy (non-hydrogen) atoms. The maximum Gasteiger partial charge on any atom is 0.254 e. The lowest BCUT2D eigenvalue weighted by atomic mass is 10.2. The maximum absolute atomic E-state index is 11.5. The molecule has 0 bridgehead atoms. The minimum atomic E-state index is -0.296. The maximum atomic E-state index is 11.5. The van der Waals surface area contributed by atoms with E-state index in [4.69, 9.17) is 0 Å². The normalized spacial score (nSPS) is 17.5. The minimum absolute atomic E-state index is 0.275. The van der Waals surface area contributed by atoms with E-state index in [1.54, 1.807) is 12.4 Å². The van der Waals surface area contributed by atoms with Gasteiger partial charge >= 0.3 is 0 Å². The molecule has 0 spiro atoms. The molecular weight excluding hydrogens is 194 g/mol. The number of rotatable bonds is 3. The van der Waals surface area contributed by atoms with Crippen LogP contribution in [0.15, 0.2) is 24.5 Å². The van der Waals surface area contributed by atoms with Gasteiger partial charge in [0, 0.05) is 24.5 Å². The van der Waals surface area contributed by atoms with Crippen LogP contribution in [0.25, 0.3) is 0 Å². The van der Waals surface area contributed by atoms with E-state index >= 15 is 0 Å². The third kappa shape index (κ3) is 1.56. The number of amides is 2. The van der Waals surface area contributed by atoms with Crippen LogP contribution in [0.4, 0.5) is 0 Å². The lowest BCUT2D eigenvalue weighted by molar-refractivity contribution is -0.139. The zero-order chi connectivity index (χ0) is 10.8. The fourth-order valence-corrected chi connectivity index (χ4v) is 1.68. The second kappa shape index (κ2) is 3.68. The van der Waals surface area contributed by atoms with E-state index in [9.17, 15) is 9.59 Å². The number of aromatic amines is 1. The van der Waals surface area contributed by atoms with Crippen LogP contribution in [0.1, 0.15) is 25.2 Å². The van der Waals surface area contributed by atoms with E-state index in [0.29, 0.717) is 12.2 Å². The Kier molecular flexibility index (Phi) is 2.37. The number of carbonyl (C=O) groups is 2. The Hall–Kier alpha value is -1.91. The molecule has 1 atom stereocenters. The summed E-state index contributed by atoms with van der Waals surface area (Å²) in [7, 11) is 0. The van der Waals surface area contributed by atoms with Gasteiger partial charge in [0.1, 0.15) is 5.82 Å². The van der Waals surface area contributed by atoms with Gasteiger partial charge in [-0.1, -0.05) is 6.92 Å². The Morgan fingerprint density at radius 1 is 1.40 bits per heavy atom. The van der Waals surface area contributed by atoms with Gasteiger partial charge in [-0.25, -0.2) is 4.98 Å². The highest BCUT2D eigenvalue weighted by Gasteiger charge is 2.32. The molecule has 2 amide bonds. The number of carbonyl (C=O) groups excluding carboxylic acids is 2. The summed E-state index contributed by atoms with van der Waals surface area (Å²) in [5.41, 5.74) is 0. The molecule has 2 rings (SSSR count). The van der Waals surface area contributed by atoms with Crippen LogP contribution in [0.3, 0.4) is 0 Å². The van der Waals surface area contributed by atoms with E-state index in [1.807, 2.05) is 6.92 Å². The number of H-pyrrole nitrogens is 1. The van der Waals surface area contributed by atoms with E-state index in [2.05, 4.69) is 9.97 Å². The van der Waals surface area contributed by atoms with Crippen LogP contribution in [0.2, 0.25) is 0 Å². The summed E-state index contributed by atoms with van der Waals surface area (Å²) in [5.74, 6) is 0.0920. The Morgan fingerprint density at radius 2 is 2.07 bits per heavy atom. The Balaban J connectivity index is 2.28. The molecule has 0 aliphatic carbocycles. The molecule has 1 aliphatic rings. The summed E-state index contributed by atoms with van der Waals surface area (Å²) >= 11 is 0. The molecule has 5 heteroatoms. The lowest BCUT2D eigenvalue weighted by Gasteiger charge is -2.22. The highest BCUT2D eigenvalue weighted by atomic mass is 16.2. The van der Waals surface area contributed by atoms with Crippen molar-refractivity contribution in [1.29, 1.82) is 0 Å². The van der Waals surface area contributed by atoms with Crippen LogP contribution < -0.4 is 0 Å². The smallest absolute Gasteiger partial charge is 0.254 e. The summed E-state index contributed by atoms with van der Waals surface area (Å²) in [6.07, 6.45) is 6.50. The van der Waals surface area contributed by atoms with Crippen LogP contribution in [0, 0.1) is 0 Å². The third-order valence-electron chi connectivity index (χ3n) is 2.38. The number of aromatic nitrogens is 2. The molecule has 1 unspecified atom stereocenters. The van der Waals surface area contributed by atoms with Crippen molar-refractivity contribution in [3.8, 4) is 0 Å². The number of nitrogens with zero attached hydrogens (tertiary/aromatic N) is 2. The average Bonchev–Trinajstić information content (AvgIpc) is 2.83. The van der Waals surface area contributed by atoms with Crippen molar-refractivity contribution in [3.05, 3.63) is 30.4 Å². The highest BCUT2D eigenvalue weighted by Crippen LogP contribution is 2.24. The zero-order valence-corrected chi connectivity index (χ0v) is 8.30. The number of hydrogen-bond donors (Lipinski definition) is 1. The Labute approximate surface area is 86.8 Å². The van der Waals surface area contributed by atoms with Gasteiger partial charge in [-0.15, -0.1) is 0 Å². The number of imide groups is 1. The summed E-state index contributed by atoms with van der Waals surface area (Å²) in [6, 6.07) is -0.296. The SMILES string of the molecule is CCC(c1ncc[nH]1)N1C(=O)C=CC1=O. The zero-order valence-electron chi connectivity index (χ0n) is 8.30. The average molecular weight is 205 g/mol. The van der Waals surface area contributed by atoms with Gasteiger partial charge in [-0.05, 0) is 6.42 Å². The van der Waals surface area contributed by atoms with Crippen molar-refractivity contribution in [2.75, 3.05) is 0 Å². The highest BCUT2D eigenvalue weighted by molar-refractivity contribution is 6.13. The lowest BCUT2D eigenvalue weighted by Crippen LogP contribution is -2.34. The van der Waals surface area contributed by atoms with Gasteiger partial charge in [0.25, 0.3) is 11.8 Å². The fourth-order valence-electron chi connectivity index (χ4n) is 1.68. The molecule has 1 N–H and O–H groups in total.